The molecule has 0 heterocycles. The molecule has 0 fully saturated rings. The second kappa shape index (κ2) is 16.7. The molecular weight excluding hydrogens is 543 g/mol. The molecule has 0 radical (unpaired) electrons. The Bertz CT molecular complexity index is 685. The summed E-state index contributed by atoms with van der Waals surface area (Å²) in [5.74, 6) is 1.19. The van der Waals surface area contributed by atoms with E-state index >= 15 is 0 Å². The largest absolute Gasteiger partial charge is 0.988 e. The second-order valence-corrected chi connectivity index (χ2v) is 16.4. The number of methoxy groups -OCH3 is 1. The van der Waals surface area contributed by atoms with Gasteiger partial charge in [-0.1, -0.05) is 0 Å². The van der Waals surface area contributed by atoms with Crippen LogP contribution in [0.3, 0.4) is 0 Å². The summed E-state index contributed by atoms with van der Waals surface area (Å²) in [5.41, 5.74) is 0. The zero-order valence-corrected chi connectivity index (χ0v) is 28.6. The first-order valence-electron chi connectivity index (χ1n) is 13.3. The summed E-state index contributed by atoms with van der Waals surface area (Å²) in [6.45, 7) is 22.7. The van der Waals surface area contributed by atoms with Crippen molar-refractivity contribution in [1.29, 1.82) is 0 Å². The lowest BCUT2D eigenvalue weighted by Crippen LogP contribution is -2.63. The molecule has 10 nitrogen and oxygen atoms in total. The molecule has 0 N–H and O–H groups in total. The Morgan fingerprint density at radius 2 is 0.737 bits per heavy atom. The molecule has 0 saturated heterocycles. The summed E-state index contributed by atoms with van der Waals surface area (Å²) < 4.78 is 62.2. The molecule has 0 amide bonds. The molecular formula is C25H49AlO10Si2. The van der Waals surface area contributed by atoms with Gasteiger partial charge in [-0.15, -0.1) is 0 Å². The highest BCUT2D eigenvalue weighted by Crippen LogP contribution is 2.27. The van der Waals surface area contributed by atoms with Crippen molar-refractivity contribution in [3.63, 3.8) is 0 Å². The third kappa shape index (κ3) is 13.7. The predicted molar refractivity (Wildman–Crippen MR) is 150 cm³/mol. The van der Waals surface area contributed by atoms with Gasteiger partial charge >= 0.3 is 33.2 Å². The smallest absolute Gasteiger partial charge is 0.599 e. The Hall–Kier alpha value is -0.534. The first-order valence-corrected chi connectivity index (χ1v) is 18.0. The molecule has 13 heteroatoms. The molecule has 0 saturated carbocycles. The van der Waals surface area contributed by atoms with Gasteiger partial charge in [-0.25, -0.2) is 0 Å². The van der Waals surface area contributed by atoms with E-state index in [0.717, 1.165) is 0 Å². The van der Waals surface area contributed by atoms with Gasteiger partial charge in [-0.2, -0.15) is 0 Å². The molecule has 0 unspecified atom stereocenters. The maximum Gasteiger partial charge on any atom is 0.988 e. The first-order chi connectivity index (χ1) is 17.6. The summed E-state index contributed by atoms with van der Waals surface area (Å²) in [6.07, 6.45) is -1.49. The van der Waals surface area contributed by atoms with Gasteiger partial charge < -0.3 is 42.0 Å². The molecule has 0 aromatic heterocycles. The van der Waals surface area contributed by atoms with Gasteiger partial charge in [-0.05, 0) is 107 Å². The van der Waals surface area contributed by atoms with Crippen LogP contribution in [0.4, 0.5) is 0 Å². The van der Waals surface area contributed by atoms with Crippen LogP contribution in [0.25, 0.3) is 0 Å². The average Bonchev–Trinajstić information content (AvgIpc) is 2.70. The van der Waals surface area contributed by atoms with Crippen molar-refractivity contribution in [2.24, 2.45) is 0 Å². The predicted octanol–water partition coefficient (Wildman–Crippen LogP) is 5.51. The topological polar surface area (TPSA) is 92.3 Å². The highest BCUT2D eigenvalue weighted by Gasteiger charge is 2.62. The van der Waals surface area contributed by atoms with E-state index in [1.54, 1.807) is 31.4 Å². The van der Waals surface area contributed by atoms with Crippen LogP contribution in [0, 0.1) is 0 Å². The van der Waals surface area contributed by atoms with Gasteiger partial charge in [0, 0.05) is 36.6 Å². The van der Waals surface area contributed by atoms with Crippen molar-refractivity contribution < 1.29 is 42.0 Å². The molecule has 220 valence electrons. The number of rotatable bonds is 19. The molecule has 0 atom stereocenters. The lowest BCUT2D eigenvalue weighted by atomic mass is 10.3. The Balaban J connectivity index is 3.61. The summed E-state index contributed by atoms with van der Waals surface area (Å²) in [7, 11) is -5.99. The minimum absolute atomic E-state index is 0.248. The van der Waals surface area contributed by atoms with E-state index in [1.165, 1.54) is 0 Å². The van der Waals surface area contributed by atoms with Gasteiger partial charge in [0.2, 0.25) is 0 Å². The van der Waals surface area contributed by atoms with Crippen molar-refractivity contribution in [1.82, 2.24) is 0 Å². The molecule has 0 aliphatic carbocycles. The molecule has 0 spiro atoms. The maximum absolute atomic E-state index is 6.56. The van der Waals surface area contributed by atoms with Crippen LogP contribution in [0.15, 0.2) is 24.3 Å². The van der Waals surface area contributed by atoms with Crippen LogP contribution in [0.2, 0.25) is 0 Å². The standard InChI is InChI=1S/2C9H21O4Si.C7H8O2.Al/c2*1-7(2)11-14(10,12-8(3)4)13-9(5)6;1-9-7-4-2-6(8)3-5-7;/h2*7-9H,1-6H3;2-5,8H,1H3;/q2*-1;;+3/p-1. The highest BCUT2D eigenvalue weighted by molar-refractivity contribution is 6.68. The van der Waals surface area contributed by atoms with Crippen molar-refractivity contribution in [3.05, 3.63) is 24.3 Å². The van der Waals surface area contributed by atoms with Gasteiger partial charge in [0.15, 0.2) is 0 Å². The average molecular weight is 593 g/mol. The first kappa shape index (κ1) is 35.5. The van der Waals surface area contributed by atoms with E-state index in [9.17, 15) is 0 Å². The number of ether oxygens (including phenoxy) is 1. The fourth-order valence-electron chi connectivity index (χ4n) is 3.14. The van der Waals surface area contributed by atoms with Crippen LogP contribution < -0.4 is 8.53 Å². The van der Waals surface area contributed by atoms with E-state index in [0.29, 0.717) is 11.5 Å². The van der Waals surface area contributed by atoms with Crippen LogP contribution in [0.1, 0.15) is 83.1 Å². The molecule has 0 aliphatic heterocycles. The monoisotopic (exact) mass is 592 g/mol. The molecule has 1 aromatic rings. The Morgan fingerprint density at radius 3 is 0.974 bits per heavy atom. The zero-order chi connectivity index (χ0) is 29.1. The second-order valence-electron chi connectivity index (χ2n) is 10.3. The summed E-state index contributed by atoms with van der Waals surface area (Å²) in [6, 6.07) is 7.11. The fraction of sp³-hybridized carbons (Fsp3) is 0.760. The number of hydrogen-bond donors (Lipinski definition) is 0. The van der Waals surface area contributed by atoms with Gasteiger partial charge in [0.05, 0.1) is 12.9 Å². The van der Waals surface area contributed by atoms with Crippen LogP contribution in [0.5, 0.6) is 11.5 Å². The minimum atomic E-state index is -3.80. The Labute approximate surface area is 237 Å². The van der Waals surface area contributed by atoms with E-state index in [1.807, 2.05) is 83.1 Å². The third-order valence-electron chi connectivity index (χ3n) is 4.05. The van der Waals surface area contributed by atoms with Gasteiger partial charge in [0.1, 0.15) is 5.75 Å². The van der Waals surface area contributed by atoms with Crippen LogP contribution in [-0.2, 0) is 33.5 Å². The fourth-order valence-corrected chi connectivity index (χ4v) is 11.5. The van der Waals surface area contributed by atoms with E-state index in [4.69, 9.17) is 42.0 Å². The lowest BCUT2D eigenvalue weighted by Gasteiger charge is -2.37. The molecule has 0 aliphatic rings. The molecule has 1 aromatic carbocycles. The van der Waals surface area contributed by atoms with Crippen molar-refractivity contribution in [2.75, 3.05) is 7.11 Å². The summed E-state index contributed by atoms with van der Waals surface area (Å²) in [5, 5.41) is 0. The normalized spacial score (nSPS) is 13.0. The van der Waals surface area contributed by atoms with Crippen LogP contribution >= 0.6 is 0 Å². The molecule has 0 bridgehead atoms. The van der Waals surface area contributed by atoms with Crippen molar-refractivity contribution in [2.45, 2.75) is 120 Å². The summed E-state index contributed by atoms with van der Waals surface area (Å²) >= 11 is -3.26. The lowest BCUT2D eigenvalue weighted by molar-refractivity contribution is -0.0720. The van der Waals surface area contributed by atoms with Gasteiger partial charge in [0.25, 0.3) is 0 Å². The highest BCUT2D eigenvalue weighted by atomic mass is 28.4. The van der Waals surface area contributed by atoms with E-state index < -0.39 is 33.2 Å². The molecule has 38 heavy (non-hydrogen) atoms. The molecule has 1 rings (SSSR count). The maximum atomic E-state index is 6.56. The minimum Gasteiger partial charge on any atom is -0.599 e. The summed E-state index contributed by atoms with van der Waals surface area (Å²) in [4.78, 5) is 0. The van der Waals surface area contributed by atoms with E-state index in [-0.39, 0.29) is 36.6 Å². The zero-order valence-electron chi connectivity index (χ0n) is 25.4. The quantitative estimate of drug-likeness (QED) is 0.191. The van der Waals surface area contributed by atoms with Crippen molar-refractivity contribution >= 4 is 33.2 Å². The van der Waals surface area contributed by atoms with Crippen molar-refractivity contribution in [3.8, 4) is 11.5 Å². The van der Waals surface area contributed by atoms with E-state index in [2.05, 4.69) is 0 Å². The van der Waals surface area contributed by atoms with Gasteiger partial charge in [-0.3, -0.25) is 0 Å². The SMILES string of the molecule is COc1ccc([O][Al]([O][Si](OC(C)C)(OC(C)C)OC(C)C)[O][Si](OC(C)C)(OC(C)C)OC(C)C)cc1. The number of benzene rings is 1. The Morgan fingerprint density at radius 1 is 0.474 bits per heavy atom. The third-order valence-corrected chi connectivity index (χ3v) is 12.9. The number of hydrogen-bond acceptors (Lipinski definition) is 10. The Kier molecular flexibility index (Phi) is 15.6. The van der Waals surface area contributed by atoms with Crippen LogP contribution in [-0.4, -0.2) is 77.0 Å².